The number of hydrogen-bond acceptors (Lipinski definition) is 4. The molecule has 6 rings (SSSR count). The second-order valence-electron chi connectivity index (χ2n) is 10.8. The van der Waals surface area contributed by atoms with E-state index in [1.54, 1.807) is 0 Å². The van der Waals surface area contributed by atoms with Crippen molar-refractivity contribution in [1.82, 2.24) is 10.6 Å². The maximum atomic E-state index is 13.6. The fourth-order valence-corrected chi connectivity index (χ4v) is 5.30. The molecular formula is C33H30N2O4. The van der Waals surface area contributed by atoms with Crippen molar-refractivity contribution < 1.29 is 19.1 Å². The Morgan fingerprint density at radius 1 is 0.564 bits per heavy atom. The average molecular weight is 519 g/mol. The van der Waals surface area contributed by atoms with Crippen molar-refractivity contribution in [3.05, 3.63) is 119 Å². The van der Waals surface area contributed by atoms with Gasteiger partial charge in [0.25, 0.3) is 0 Å². The van der Waals surface area contributed by atoms with Crippen LogP contribution in [0.15, 0.2) is 97.1 Å². The van der Waals surface area contributed by atoms with E-state index < -0.39 is 11.8 Å². The number of benzene rings is 4. The van der Waals surface area contributed by atoms with Crippen molar-refractivity contribution >= 4 is 11.8 Å². The molecule has 2 aliphatic heterocycles. The number of fused-ring (bicyclic) bond motifs is 4. The van der Waals surface area contributed by atoms with E-state index in [0.29, 0.717) is 36.1 Å². The van der Waals surface area contributed by atoms with Gasteiger partial charge in [0.1, 0.15) is 23.0 Å². The van der Waals surface area contributed by atoms with Crippen LogP contribution < -0.4 is 20.1 Å². The van der Waals surface area contributed by atoms with Gasteiger partial charge in [0.05, 0.1) is 11.8 Å². The summed E-state index contributed by atoms with van der Waals surface area (Å²) < 4.78 is 12.1. The molecule has 0 bridgehead atoms. The highest BCUT2D eigenvalue weighted by Gasteiger charge is 2.35. The monoisotopic (exact) mass is 518 g/mol. The van der Waals surface area contributed by atoms with Gasteiger partial charge in [-0.1, -0.05) is 86.6 Å². The van der Waals surface area contributed by atoms with Crippen LogP contribution in [0.4, 0.5) is 0 Å². The Bertz CT molecular complexity index is 1350. The number of amides is 2. The van der Waals surface area contributed by atoms with Crippen molar-refractivity contribution in [2.45, 2.75) is 25.7 Å². The van der Waals surface area contributed by atoms with E-state index in [4.69, 9.17) is 9.47 Å². The Labute approximate surface area is 228 Å². The third-order valence-corrected chi connectivity index (χ3v) is 7.37. The Morgan fingerprint density at radius 3 is 1.15 bits per heavy atom. The van der Waals surface area contributed by atoms with Crippen molar-refractivity contribution in [2.24, 2.45) is 5.41 Å². The summed E-state index contributed by atoms with van der Waals surface area (Å²) in [5.41, 5.74) is 2.99. The summed E-state index contributed by atoms with van der Waals surface area (Å²) in [5.74, 6) is 1.66. The highest BCUT2D eigenvalue weighted by Crippen LogP contribution is 2.45. The maximum absolute atomic E-state index is 13.6. The molecule has 196 valence electrons. The van der Waals surface area contributed by atoms with Crippen LogP contribution in [0.25, 0.3) is 0 Å². The van der Waals surface area contributed by atoms with Crippen LogP contribution in [-0.4, -0.2) is 24.9 Å². The number of rotatable bonds is 6. The quantitative estimate of drug-likeness (QED) is 0.322. The van der Waals surface area contributed by atoms with Crippen molar-refractivity contribution in [2.75, 3.05) is 13.1 Å². The molecule has 2 N–H and O–H groups in total. The second-order valence-corrected chi connectivity index (χ2v) is 10.8. The molecule has 0 unspecified atom stereocenters. The number of nitrogens with one attached hydrogen (secondary N) is 2. The lowest BCUT2D eigenvalue weighted by molar-refractivity contribution is -0.122. The van der Waals surface area contributed by atoms with Gasteiger partial charge in [-0.2, -0.15) is 0 Å². The lowest BCUT2D eigenvalue weighted by Crippen LogP contribution is -2.44. The number of carbonyl (C=O) groups is 2. The third kappa shape index (κ3) is 4.74. The van der Waals surface area contributed by atoms with E-state index in [0.717, 1.165) is 22.3 Å². The van der Waals surface area contributed by atoms with Crippen LogP contribution in [0.3, 0.4) is 0 Å². The first-order chi connectivity index (χ1) is 18.9. The summed E-state index contributed by atoms with van der Waals surface area (Å²) >= 11 is 0. The number of hydrogen-bond donors (Lipinski definition) is 2. The lowest BCUT2D eigenvalue weighted by Gasteiger charge is -2.31. The van der Waals surface area contributed by atoms with Crippen LogP contribution in [-0.2, 0) is 9.59 Å². The molecule has 2 aliphatic rings. The minimum atomic E-state index is -0.466. The van der Waals surface area contributed by atoms with E-state index >= 15 is 0 Å². The van der Waals surface area contributed by atoms with Crippen LogP contribution in [0, 0.1) is 5.41 Å². The number of ether oxygens (including phenoxy) is 2. The molecule has 2 amide bonds. The summed E-state index contributed by atoms with van der Waals surface area (Å²) in [6, 6.07) is 30.6. The van der Waals surface area contributed by atoms with Crippen LogP contribution in [0.5, 0.6) is 23.0 Å². The summed E-state index contributed by atoms with van der Waals surface area (Å²) in [5, 5.41) is 6.29. The molecule has 0 atom stereocenters. The van der Waals surface area contributed by atoms with Gasteiger partial charge in [0.2, 0.25) is 11.8 Å². The van der Waals surface area contributed by atoms with Crippen molar-refractivity contribution in [3.8, 4) is 23.0 Å². The van der Waals surface area contributed by atoms with E-state index in [1.165, 1.54) is 0 Å². The minimum Gasteiger partial charge on any atom is -0.457 e. The maximum Gasteiger partial charge on any atom is 0.232 e. The highest BCUT2D eigenvalue weighted by molar-refractivity contribution is 5.90. The lowest BCUT2D eigenvalue weighted by atomic mass is 9.86. The molecule has 2 heterocycles. The molecule has 0 spiro atoms. The van der Waals surface area contributed by atoms with Crippen LogP contribution in [0.2, 0.25) is 0 Å². The molecule has 0 radical (unpaired) electrons. The normalized spacial score (nSPS) is 14.0. The molecule has 0 saturated carbocycles. The standard InChI is InChI=1S/C33H30N2O4/c1-33(2,19-34-31(36)29-21-11-3-7-15-25(21)38-26-16-8-4-12-22(26)29)20-35-32(37)30-23-13-5-9-17-27(23)39-28-18-10-6-14-24(28)30/h3-18,29-30H,19-20H2,1-2H3,(H,34,36)(H,35,37). The highest BCUT2D eigenvalue weighted by atomic mass is 16.5. The Kier molecular flexibility index (Phi) is 6.31. The zero-order valence-electron chi connectivity index (χ0n) is 21.9. The van der Waals surface area contributed by atoms with Crippen molar-refractivity contribution in [1.29, 1.82) is 0 Å². The predicted octanol–water partition coefficient (Wildman–Crippen LogP) is 6.12. The Hall–Kier alpha value is -4.58. The zero-order valence-corrected chi connectivity index (χ0v) is 21.9. The number of carbonyl (C=O) groups excluding carboxylic acids is 2. The number of para-hydroxylation sites is 4. The first-order valence-corrected chi connectivity index (χ1v) is 13.2. The summed E-state index contributed by atoms with van der Waals surface area (Å²) in [7, 11) is 0. The molecule has 0 aliphatic carbocycles. The average Bonchev–Trinajstić information content (AvgIpc) is 2.96. The van der Waals surface area contributed by atoms with Gasteiger partial charge >= 0.3 is 0 Å². The van der Waals surface area contributed by atoms with Gasteiger partial charge in [-0.3, -0.25) is 9.59 Å². The summed E-state index contributed by atoms with van der Waals surface area (Å²) in [6.07, 6.45) is 0. The topological polar surface area (TPSA) is 76.7 Å². The van der Waals surface area contributed by atoms with Crippen LogP contribution >= 0.6 is 0 Å². The third-order valence-electron chi connectivity index (χ3n) is 7.37. The van der Waals surface area contributed by atoms with E-state index in [9.17, 15) is 9.59 Å². The van der Waals surface area contributed by atoms with Gasteiger partial charge in [-0.25, -0.2) is 0 Å². The Morgan fingerprint density at radius 2 is 0.846 bits per heavy atom. The largest absolute Gasteiger partial charge is 0.457 e. The molecule has 0 fully saturated rings. The molecule has 4 aromatic rings. The molecule has 39 heavy (non-hydrogen) atoms. The van der Waals surface area contributed by atoms with E-state index in [2.05, 4.69) is 10.6 Å². The van der Waals surface area contributed by atoms with Gasteiger partial charge in [-0.05, 0) is 29.7 Å². The van der Waals surface area contributed by atoms with E-state index in [-0.39, 0.29) is 17.2 Å². The summed E-state index contributed by atoms with van der Waals surface area (Å²) in [4.78, 5) is 27.1. The van der Waals surface area contributed by atoms with Crippen molar-refractivity contribution in [3.63, 3.8) is 0 Å². The smallest absolute Gasteiger partial charge is 0.232 e. The molecule has 4 aromatic carbocycles. The second kappa shape index (κ2) is 9.95. The van der Waals surface area contributed by atoms with Gasteiger partial charge in [-0.15, -0.1) is 0 Å². The van der Waals surface area contributed by atoms with Gasteiger partial charge in [0, 0.05) is 35.3 Å². The Balaban J connectivity index is 1.15. The van der Waals surface area contributed by atoms with E-state index in [1.807, 2.05) is 111 Å². The molecule has 0 aromatic heterocycles. The molecular weight excluding hydrogens is 488 g/mol. The predicted molar refractivity (Wildman–Crippen MR) is 149 cm³/mol. The molecule has 0 saturated heterocycles. The first kappa shape index (κ1) is 24.7. The summed E-state index contributed by atoms with van der Waals surface area (Å²) in [6.45, 7) is 4.86. The first-order valence-electron chi connectivity index (χ1n) is 13.2. The fourth-order valence-electron chi connectivity index (χ4n) is 5.30. The minimum absolute atomic E-state index is 0.0927. The van der Waals surface area contributed by atoms with Gasteiger partial charge < -0.3 is 20.1 Å². The SMILES string of the molecule is CC(C)(CNC(=O)C1c2ccccc2Oc2ccccc21)CNC(=O)C1c2ccccc2Oc2ccccc21. The molecule has 6 nitrogen and oxygen atoms in total. The zero-order chi connectivity index (χ0) is 27.0. The van der Waals surface area contributed by atoms with Gasteiger partial charge in [0.15, 0.2) is 0 Å². The fraction of sp³-hybridized carbons (Fsp3) is 0.212. The van der Waals surface area contributed by atoms with Crippen LogP contribution in [0.1, 0.15) is 47.9 Å². The molecule has 6 heteroatoms.